The summed E-state index contributed by atoms with van der Waals surface area (Å²) in [6.45, 7) is -1.64. The lowest BCUT2D eigenvalue weighted by molar-refractivity contribution is -0.147. The van der Waals surface area contributed by atoms with Crippen LogP contribution in [0.1, 0.15) is 24.8 Å². The van der Waals surface area contributed by atoms with E-state index in [1.807, 2.05) is 0 Å². The average Bonchev–Trinajstić information content (AvgIpc) is 2.92. The number of halogens is 8. The third-order valence-corrected chi connectivity index (χ3v) is 5.93. The van der Waals surface area contributed by atoms with Gasteiger partial charge in [-0.25, -0.2) is 13.2 Å². The second kappa shape index (κ2) is 8.49. The molecule has 1 heterocycles. The largest absolute Gasteiger partial charge is 0.405 e. The normalized spacial score (nSPS) is 24.0. The summed E-state index contributed by atoms with van der Waals surface area (Å²) < 4.78 is 107. The molecule has 2 aliphatic rings. The summed E-state index contributed by atoms with van der Waals surface area (Å²) in [5.41, 5.74) is 3.86. The minimum absolute atomic E-state index is 0.0224. The Labute approximate surface area is 176 Å². The van der Waals surface area contributed by atoms with Gasteiger partial charge < -0.3 is 16.0 Å². The Morgan fingerprint density at radius 1 is 1.06 bits per heavy atom. The van der Waals surface area contributed by atoms with E-state index in [0.29, 0.717) is 12.8 Å². The molecular formula is C19H19F8N3O2. The van der Waals surface area contributed by atoms with Crippen molar-refractivity contribution in [3.63, 3.8) is 0 Å². The third-order valence-electron chi connectivity index (χ3n) is 5.93. The second-order valence-corrected chi connectivity index (χ2v) is 8.00. The summed E-state index contributed by atoms with van der Waals surface area (Å²) in [5, 5.41) is 1.70. The van der Waals surface area contributed by atoms with Crippen molar-refractivity contribution in [1.29, 1.82) is 0 Å². The second-order valence-electron chi connectivity index (χ2n) is 8.00. The molecule has 1 aliphatic heterocycles. The number of carbonyl (C=O) groups excluding carboxylic acids is 2. The van der Waals surface area contributed by atoms with Crippen LogP contribution in [-0.4, -0.2) is 48.1 Å². The van der Waals surface area contributed by atoms with E-state index < -0.39 is 77.9 Å². The zero-order chi connectivity index (χ0) is 24.0. The molecular weight excluding hydrogens is 454 g/mol. The third kappa shape index (κ3) is 4.66. The Morgan fingerprint density at radius 2 is 1.69 bits per heavy atom. The summed E-state index contributed by atoms with van der Waals surface area (Å²) in [6.07, 6.45) is -4.70. The van der Waals surface area contributed by atoms with E-state index in [9.17, 15) is 44.7 Å². The number of nitrogens with two attached hydrogens (primary N) is 1. The number of carbonyl (C=O) groups is 2. The number of fused-ring (bicyclic) bond motifs is 1. The molecule has 0 aromatic heterocycles. The molecule has 1 saturated heterocycles. The molecule has 3 rings (SSSR count). The van der Waals surface area contributed by atoms with E-state index in [1.165, 1.54) is 0 Å². The quantitative estimate of drug-likeness (QED) is 0.493. The number of nitrogens with zero attached hydrogens (tertiary/aromatic N) is 1. The molecule has 5 nitrogen and oxygen atoms in total. The maximum Gasteiger partial charge on any atom is 0.405 e. The summed E-state index contributed by atoms with van der Waals surface area (Å²) >= 11 is 0. The van der Waals surface area contributed by atoms with Gasteiger partial charge in [-0.3, -0.25) is 9.59 Å². The number of alkyl halides is 5. The Balaban J connectivity index is 1.74. The molecule has 1 aliphatic carbocycles. The van der Waals surface area contributed by atoms with Crippen molar-refractivity contribution in [2.45, 2.75) is 43.4 Å². The summed E-state index contributed by atoms with van der Waals surface area (Å²) in [7, 11) is 0. The van der Waals surface area contributed by atoms with Crippen molar-refractivity contribution in [3.05, 3.63) is 35.1 Å². The van der Waals surface area contributed by atoms with Crippen molar-refractivity contribution >= 4 is 11.8 Å². The fourth-order valence-electron chi connectivity index (χ4n) is 4.13. The standard InChI is InChI=1S/C19H19F8N3O2/c20-11-4-13(22)12(21)3-10(11)19(26,27)14(28)5-15(31)30-6-8-1-2-9(8)16(30)17(32)29-7-18(23,24)25/h3-4,8-9,14,16H,1-2,5-7,28H2,(H,29,32)/t8?,9?,14?,16-/m0/s1. The zero-order valence-corrected chi connectivity index (χ0v) is 16.4. The molecule has 178 valence electrons. The molecule has 1 saturated carbocycles. The molecule has 3 N–H and O–H groups in total. The first-order chi connectivity index (χ1) is 14.7. The number of hydrogen-bond acceptors (Lipinski definition) is 3. The molecule has 1 aromatic carbocycles. The Hall–Kier alpha value is -2.44. The molecule has 2 amide bonds. The van der Waals surface area contributed by atoms with E-state index in [-0.39, 0.29) is 24.6 Å². The first kappa shape index (κ1) is 24.2. The van der Waals surface area contributed by atoms with Gasteiger partial charge in [0.25, 0.3) is 5.92 Å². The molecule has 0 radical (unpaired) electrons. The molecule has 1 aromatic rings. The number of hydrogen-bond donors (Lipinski definition) is 2. The summed E-state index contributed by atoms with van der Waals surface area (Å²) in [6, 6.07) is -3.78. The van der Waals surface area contributed by atoms with Gasteiger partial charge in [0, 0.05) is 19.0 Å². The van der Waals surface area contributed by atoms with Crippen molar-refractivity contribution in [3.8, 4) is 0 Å². The van der Waals surface area contributed by atoms with Gasteiger partial charge in [-0.1, -0.05) is 0 Å². The highest BCUT2D eigenvalue weighted by molar-refractivity contribution is 5.89. The molecule has 4 atom stereocenters. The van der Waals surface area contributed by atoms with Crippen LogP contribution in [0.4, 0.5) is 35.1 Å². The van der Waals surface area contributed by atoms with Crippen LogP contribution in [-0.2, 0) is 15.5 Å². The first-order valence-electron chi connectivity index (χ1n) is 9.64. The van der Waals surface area contributed by atoms with E-state index >= 15 is 0 Å². The van der Waals surface area contributed by atoms with Crippen LogP contribution in [0.2, 0.25) is 0 Å². The fourth-order valence-corrected chi connectivity index (χ4v) is 4.13. The van der Waals surface area contributed by atoms with Crippen LogP contribution in [0.15, 0.2) is 12.1 Å². The Morgan fingerprint density at radius 3 is 2.25 bits per heavy atom. The predicted molar refractivity (Wildman–Crippen MR) is 93.6 cm³/mol. The maximum atomic E-state index is 14.6. The molecule has 13 heteroatoms. The van der Waals surface area contributed by atoms with Crippen molar-refractivity contribution < 1.29 is 44.7 Å². The number of amides is 2. The van der Waals surface area contributed by atoms with Gasteiger partial charge in [0.1, 0.15) is 18.4 Å². The topological polar surface area (TPSA) is 75.4 Å². The van der Waals surface area contributed by atoms with Gasteiger partial charge in [0.15, 0.2) is 11.6 Å². The average molecular weight is 473 g/mol. The number of benzene rings is 1. The Bertz CT molecular complexity index is 907. The minimum atomic E-state index is -4.68. The summed E-state index contributed by atoms with van der Waals surface area (Å²) in [5.74, 6) is -12.1. The van der Waals surface area contributed by atoms with Gasteiger partial charge >= 0.3 is 6.18 Å². The Kier molecular flexibility index (Phi) is 6.42. The van der Waals surface area contributed by atoms with Gasteiger partial charge in [-0.15, -0.1) is 0 Å². The minimum Gasteiger partial charge on any atom is -0.345 e. The van der Waals surface area contributed by atoms with Crippen molar-refractivity contribution in [2.24, 2.45) is 17.6 Å². The lowest BCUT2D eigenvalue weighted by atomic mass is 9.73. The van der Waals surface area contributed by atoms with Crippen LogP contribution in [0.25, 0.3) is 0 Å². The molecule has 32 heavy (non-hydrogen) atoms. The summed E-state index contributed by atoms with van der Waals surface area (Å²) in [4.78, 5) is 25.9. The molecule has 0 bridgehead atoms. The van der Waals surface area contributed by atoms with E-state index in [0.717, 1.165) is 4.90 Å². The molecule has 0 spiro atoms. The first-order valence-corrected chi connectivity index (χ1v) is 9.64. The SMILES string of the molecule is NC(CC(=O)N1CC2CCC2[C@H]1C(=O)NCC(F)(F)F)C(F)(F)c1cc(F)c(F)cc1F. The van der Waals surface area contributed by atoms with Crippen LogP contribution in [0, 0.1) is 29.3 Å². The predicted octanol–water partition coefficient (Wildman–Crippen LogP) is 2.83. The van der Waals surface area contributed by atoms with E-state index in [2.05, 4.69) is 0 Å². The van der Waals surface area contributed by atoms with Gasteiger partial charge in [0.2, 0.25) is 11.8 Å². The van der Waals surface area contributed by atoms with Crippen molar-refractivity contribution in [1.82, 2.24) is 10.2 Å². The fraction of sp³-hybridized carbons (Fsp3) is 0.579. The monoisotopic (exact) mass is 473 g/mol. The van der Waals surface area contributed by atoms with Gasteiger partial charge in [-0.05, 0) is 30.7 Å². The van der Waals surface area contributed by atoms with Crippen LogP contribution in [0.5, 0.6) is 0 Å². The highest BCUT2D eigenvalue weighted by atomic mass is 19.4. The lowest BCUT2D eigenvalue weighted by Crippen LogP contribution is -2.52. The lowest BCUT2D eigenvalue weighted by Gasteiger charge is -2.33. The maximum absolute atomic E-state index is 14.6. The molecule has 2 fully saturated rings. The highest BCUT2D eigenvalue weighted by Crippen LogP contribution is 2.45. The van der Waals surface area contributed by atoms with Crippen LogP contribution < -0.4 is 11.1 Å². The number of likely N-dealkylation sites (tertiary alicyclic amines) is 1. The molecule has 3 unspecified atom stereocenters. The van der Waals surface area contributed by atoms with Crippen LogP contribution in [0.3, 0.4) is 0 Å². The zero-order valence-electron chi connectivity index (χ0n) is 16.4. The number of nitrogens with one attached hydrogen (secondary N) is 1. The smallest absolute Gasteiger partial charge is 0.345 e. The highest BCUT2D eigenvalue weighted by Gasteiger charge is 2.53. The van der Waals surface area contributed by atoms with Gasteiger partial charge in [0.05, 0.1) is 11.6 Å². The van der Waals surface area contributed by atoms with Gasteiger partial charge in [-0.2, -0.15) is 22.0 Å². The van der Waals surface area contributed by atoms with E-state index in [4.69, 9.17) is 5.73 Å². The van der Waals surface area contributed by atoms with Crippen LogP contribution >= 0.6 is 0 Å². The van der Waals surface area contributed by atoms with Crippen molar-refractivity contribution in [2.75, 3.05) is 13.1 Å². The number of rotatable bonds is 6. The van der Waals surface area contributed by atoms with E-state index in [1.54, 1.807) is 5.32 Å².